The Balaban J connectivity index is 2.58. The Morgan fingerprint density at radius 3 is 2.29 bits per heavy atom. The summed E-state index contributed by atoms with van der Waals surface area (Å²) in [6.45, 7) is 0.685. The van der Waals surface area contributed by atoms with Crippen LogP contribution in [0, 0.1) is 0 Å². The first-order chi connectivity index (χ1) is 6.31. The molecule has 8 heteroatoms. The highest BCUT2D eigenvalue weighted by Crippen LogP contribution is 2.11. The van der Waals surface area contributed by atoms with Crippen LogP contribution in [0.25, 0.3) is 0 Å². The smallest absolute Gasteiger partial charge is 0.237 e. The quantitative estimate of drug-likeness (QED) is 0.632. The van der Waals surface area contributed by atoms with Crippen LogP contribution in [0.4, 0.5) is 0 Å². The molecular weight excluding hydrogens is 230 g/mol. The summed E-state index contributed by atoms with van der Waals surface area (Å²) in [6.07, 6.45) is 1.66. The second-order valence-electron chi connectivity index (χ2n) is 3.16. The van der Waals surface area contributed by atoms with Gasteiger partial charge in [0.2, 0.25) is 10.0 Å². The van der Waals surface area contributed by atoms with Gasteiger partial charge in [-0.2, -0.15) is 0 Å². The lowest BCUT2D eigenvalue weighted by Gasteiger charge is -2.13. The van der Waals surface area contributed by atoms with Crippen molar-refractivity contribution in [2.75, 3.05) is 30.9 Å². The van der Waals surface area contributed by atoms with Crippen LogP contribution in [0.15, 0.2) is 0 Å². The first kappa shape index (κ1) is 11.9. The fourth-order valence-corrected chi connectivity index (χ4v) is 3.90. The van der Waals surface area contributed by atoms with Gasteiger partial charge in [-0.05, 0) is 6.42 Å². The van der Waals surface area contributed by atoms with Gasteiger partial charge in [0.25, 0.3) is 0 Å². The van der Waals surface area contributed by atoms with Crippen molar-refractivity contribution in [2.45, 2.75) is 6.42 Å². The zero-order valence-electron chi connectivity index (χ0n) is 7.84. The lowest BCUT2D eigenvalue weighted by atomic mass is 10.5. The SMILES string of the molecule is CS(=O)(=O)CCS(=O)(=O)N1CCCO1. The van der Waals surface area contributed by atoms with E-state index in [4.69, 9.17) is 4.84 Å². The number of hydrogen-bond acceptors (Lipinski definition) is 5. The third-order valence-corrected chi connectivity index (χ3v) is 4.58. The maximum Gasteiger partial charge on any atom is 0.237 e. The largest absolute Gasteiger partial charge is 0.284 e. The molecule has 1 aliphatic heterocycles. The zero-order valence-corrected chi connectivity index (χ0v) is 9.47. The van der Waals surface area contributed by atoms with E-state index in [0.717, 1.165) is 10.7 Å². The van der Waals surface area contributed by atoms with Crippen LogP contribution in [0.1, 0.15) is 6.42 Å². The van der Waals surface area contributed by atoms with Gasteiger partial charge in [0.1, 0.15) is 9.84 Å². The Labute approximate surface area is 83.8 Å². The lowest BCUT2D eigenvalue weighted by molar-refractivity contribution is -0.0282. The molecule has 0 radical (unpaired) electrons. The van der Waals surface area contributed by atoms with Gasteiger partial charge in [0.05, 0.1) is 18.1 Å². The number of sulfone groups is 1. The molecule has 0 aromatic carbocycles. The van der Waals surface area contributed by atoms with E-state index in [1.807, 2.05) is 0 Å². The minimum Gasteiger partial charge on any atom is -0.284 e. The summed E-state index contributed by atoms with van der Waals surface area (Å²) < 4.78 is 45.2. The summed E-state index contributed by atoms with van der Waals surface area (Å²) in [5, 5.41) is 0. The molecule has 0 aromatic rings. The van der Waals surface area contributed by atoms with Crippen LogP contribution >= 0.6 is 0 Å². The minimum absolute atomic E-state index is 0.312. The van der Waals surface area contributed by atoms with Crippen molar-refractivity contribution in [2.24, 2.45) is 0 Å². The van der Waals surface area contributed by atoms with Crippen LogP contribution in [0.3, 0.4) is 0 Å². The summed E-state index contributed by atoms with van der Waals surface area (Å²) in [7, 11) is -6.81. The van der Waals surface area contributed by atoms with E-state index in [2.05, 4.69) is 0 Å². The van der Waals surface area contributed by atoms with Gasteiger partial charge in [-0.3, -0.25) is 4.84 Å². The summed E-state index contributed by atoms with van der Waals surface area (Å²) in [6, 6.07) is 0. The fourth-order valence-electron chi connectivity index (χ4n) is 1.00. The van der Waals surface area contributed by atoms with Crippen LogP contribution in [0.2, 0.25) is 0 Å². The first-order valence-corrected chi connectivity index (χ1v) is 7.79. The Morgan fingerprint density at radius 2 is 1.86 bits per heavy atom. The number of hydroxylamine groups is 1. The number of rotatable bonds is 4. The molecule has 0 saturated carbocycles. The predicted octanol–water partition coefficient (Wildman–Crippen LogP) is -1.00. The molecule has 0 N–H and O–H groups in total. The third-order valence-electron chi connectivity index (χ3n) is 1.74. The first-order valence-electron chi connectivity index (χ1n) is 4.12. The lowest BCUT2D eigenvalue weighted by Crippen LogP contribution is -2.31. The topological polar surface area (TPSA) is 80.8 Å². The molecule has 1 fully saturated rings. The molecule has 0 unspecified atom stereocenters. The van der Waals surface area contributed by atoms with E-state index in [-0.39, 0.29) is 5.75 Å². The molecule has 0 spiro atoms. The molecule has 84 valence electrons. The highest BCUT2D eigenvalue weighted by atomic mass is 32.2. The molecule has 1 saturated heterocycles. The maximum absolute atomic E-state index is 11.4. The second-order valence-corrected chi connectivity index (χ2v) is 7.40. The van der Waals surface area contributed by atoms with Gasteiger partial charge in [-0.15, -0.1) is 0 Å². The van der Waals surface area contributed by atoms with Crippen molar-refractivity contribution >= 4 is 19.9 Å². The molecule has 14 heavy (non-hydrogen) atoms. The van der Waals surface area contributed by atoms with Crippen LogP contribution < -0.4 is 0 Å². The van der Waals surface area contributed by atoms with Crippen molar-refractivity contribution in [1.29, 1.82) is 0 Å². The Morgan fingerprint density at radius 1 is 1.21 bits per heavy atom. The summed E-state index contributed by atoms with van der Waals surface area (Å²) in [5.41, 5.74) is 0. The molecule has 0 bridgehead atoms. The van der Waals surface area contributed by atoms with Crippen LogP contribution in [-0.4, -0.2) is 52.2 Å². The van der Waals surface area contributed by atoms with Gasteiger partial charge in [-0.1, -0.05) is 4.47 Å². The van der Waals surface area contributed by atoms with Crippen molar-refractivity contribution < 1.29 is 21.7 Å². The highest BCUT2D eigenvalue weighted by molar-refractivity contribution is 7.93. The van der Waals surface area contributed by atoms with E-state index >= 15 is 0 Å². The van der Waals surface area contributed by atoms with Gasteiger partial charge >= 0.3 is 0 Å². The average Bonchev–Trinajstić information content (AvgIpc) is 2.52. The normalized spacial score (nSPS) is 20.1. The molecule has 6 nitrogen and oxygen atoms in total. The third kappa shape index (κ3) is 3.52. The summed E-state index contributed by atoms with van der Waals surface area (Å²) in [4.78, 5) is 4.83. The van der Waals surface area contributed by atoms with Crippen LogP contribution in [-0.2, 0) is 24.7 Å². The average molecular weight is 243 g/mol. The minimum atomic E-state index is -3.56. The Bertz CT molecular complexity index is 378. The number of hydrogen-bond donors (Lipinski definition) is 0. The van der Waals surface area contributed by atoms with Crippen molar-refractivity contribution in [3.63, 3.8) is 0 Å². The number of nitrogens with zero attached hydrogens (tertiary/aromatic N) is 1. The molecule has 0 atom stereocenters. The molecular formula is C6H13NO5S2. The van der Waals surface area contributed by atoms with Crippen LogP contribution in [0.5, 0.6) is 0 Å². The summed E-state index contributed by atoms with van der Waals surface area (Å²) in [5.74, 6) is -0.777. The van der Waals surface area contributed by atoms with Gasteiger partial charge in [-0.25, -0.2) is 16.8 Å². The van der Waals surface area contributed by atoms with Gasteiger partial charge in [0.15, 0.2) is 0 Å². The molecule has 0 aromatic heterocycles. The molecule has 0 amide bonds. The highest BCUT2D eigenvalue weighted by Gasteiger charge is 2.27. The molecule has 1 rings (SSSR count). The van der Waals surface area contributed by atoms with E-state index in [1.54, 1.807) is 0 Å². The Hall–Kier alpha value is -0.180. The summed E-state index contributed by atoms with van der Waals surface area (Å²) >= 11 is 0. The van der Waals surface area contributed by atoms with E-state index in [9.17, 15) is 16.8 Å². The van der Waals surface area contributed by atoms with E-state index in [1.165, 1.54) is 0 Å². The second kappa shape index (κ2) is 4.13. The zero-order chi connectivity index (χ0) is 10.8. The van der Waals surface area contributed by atoms with Crippen molar-refractivity contribution in [1.82, 2.24) is 4.47 Å². The molecule has 0 aliphatic carbocycles. The van der Waals surface area contributed by atoms with Gasteiger partial charge < -0.3 is 0 Å². The van der Waals surface area contributed by atoms with E-state index < -0.39 is 25.6 Å². The van der Waals surface area contributed by atoms with E-state index in [0.29, 0.717) is 19.6 Å². The molecule has 1 heterocycles. The standard InChI is InChI=1S/C6H13NO5S2/c1-13(8,9)5-6-14(10,11)7-3-2-4-12-7/h2-6H2,1H3. The molecule has 1 aliphatic rings. The monoisotopic (exact) mass is 243 g/mol. The Kier molecular flexibility index (Phi) is 3.51. The van der Waals surface area contributed by atoms with Gasteiger partial charge in [0, 0.05) is 12.8 Å². The van der Waals surface area contributed by atoms with Crippen molar-refractivity contribution in [3.8, 4) is 0 Å². The fraction of sp³-hybridized carbons (Fsp3) is 1.00. The maximum atomic E-state index is 11.4. The number of sulfonamides is 1. The van der Waals surface area contributed by atoms with Crippen molar-refractivity contribution in [3.05, 3.63) is 0 Å². The predicted molar refractivity (Wildman–Crippen MR) is 50.8 cm³/mol.